The summed E-state index contributed by atoms with van der Waals surface area (Å²) in [5, 5.41) is 0. The lowest BCUT2D eigenvalue weighted by Gasteiger charge is -2.13. The standard InChI is InChI=1S/C13H19ClO/c1-3-11(4-2)10-15-13-7-5-12(9-14)6-8-13/h5-8,11H,3-4,9-10H2,1-2H3. The van der Waals surface area contributed by atoms with Gasteiger partial charge in [-0.1, -0.05) is 38.8 Å². The van der Waals surface area contributed by atoms with Crippen molar-refractivity contribution < 1.29 is 4.74 Å². The monoisotopic (exact) mass is 226 g/mol. The van der Waals surface area contributed by atoms with Crippen LogP contribution in [0.4, 0.5) is 0 Å². The van der Waals surface area contributed by atoms with Crippen LogP contribution in [-0.2, 0) is 5.88 Å². The highest BCUT2D eigenvalue weighted by Crippen LogP contribution is 2.16. The molecule has 0 aliphatic rings. The summed E-state index contributed by atoms with van der Waals surface area (Å²) in [5.74, 6) is 2.17. The molecule has 1 nitrogen and oxygen atoms in total. The van der Waals surface area contributed by atoms with Gasteiger partial charge in [-0.15, -0.1) is 11.6 Å². The number of hydrogen-bond acceptors (Lipinski definition) is 1. The van der Waals surface area contributed by atoms with Gasteiger partial charge >= 0.3 is 0 Å². The number of benzene rings is 1. The second-order valence-corrected chi connectivity index (χ2v) is 4.04. The summed E-state index contributed by atoms with van der Waals surface area (Å²) in [5.41, 5.74) is 1.13. The van der Waals surface area contributed by atoms with Crippen molar-refractivity contribution in [1.29, 1.82) is 0 Å². The smallest absolute Gasteiger partial charge is 0.119 e. The predicted molar refractivity (Wildman–Crippen MR) is 65.6 cm³/mol. The van der Waals surface area contributed by atoms with E-state index in [9.17, 15) is 0 Å². The zero-order valence-electron chi connectivity index (χ0n) is 9.50. The molecule has 0 atom stereocenters. The molecule has 1 aromatic carbocycles. The normalized spacial score (nSPS) is 10.7. The summed E-state index contributed by atoms with van der Waals surface area (Å²) in [6.45, 7) is 5.22. The van der Waals surface area contributed by atoms with Crippen molar-refractivity contribution in [2.45, 2.75) is 32.6 Å². The maximum atomic E-state index is 5.71. The van der Waals surface area contributed by atoms with Crippen LogP contribution < -0.4 is 4.74 Å². The molecule has 0 saturated carbocycles. The third-order valence-electron chi connectivity index (χ3n) is 2.72. The van der Waals surface area contributed by atoms with Crippen molar-refractivity contribution in [3.63, 3.8) is 0 Å². The minimum absolute atomic E-state index is 0.562. The predicted octanol–water partition coefficient (Wildman–Crippen LogP) is 4.24. The SMILES string of the molecule is CCC(CC)COc1ccc(CCl)cc1. The van der Waals surface area contributed by atoms with Crippen LogP contribution in [0.1, 0.15) is 32.3 Å². The first-order valence-electron chi connectivity index (χ1n) is 5.57. The molecule has 0 radical (unpaired) electrons. The van der Waals surface area contributed by atoms with Crippen molar-refractivity contribution in [3.05, 3.63) is 29.8 Å². The molecule has 0 bridgehead atoms. The molecule has 15 heavy (non-hydrogen) atoms. The van der Waals surface area contributed by atoms with Crippen LogP contribution in [0.15, 0.2) is 24.3 Å². The molecule has 0 saturated heterocycles. The van der Waals surface area contributed by atoms with Crippen LogP contribution in [0, 0.1) is 5.92 Å². The molecular weight excluding hydrogens is 208 g/mol. The van der Waals surface area contributed by atoms with Crippen LogP contribution >= 0.6 is 11.6 Å². The van der Waals surface area contributed by atoms with E-state index in [1.807, 2.05) is 24.3 Å². The van der Waals surface area contributed by atoms with Crippen LogP contribution in [0.2, 0.25) is 0 Å². The van der Waals surface area contributed by atoms with E-state index in [1.54, 1.807) is 0 Å². The molecular formula is C13H19ClO. The fourth-order valence-corrected chi connectivity index (χ4v) is 1.59. The van der Waals surface area contributed by atoms with E-state index in [0.29, 0.717) is 11.8 Å². The summed E-state index contributed by atoms with van der Waals surface area (Å²) in [6.07, 6.45) is 2.35. The number of alkyl halides is 1. The van der Waals surface area contributed by atoms with E-state index in [0.717, 1.165) is 17.9 Å². The molecule has 0 aliphatic heterocycles. The number of ether oxygens (including phenoxy) is 1. The Morgan fingerprint density at radius 2 is 1.73 bits per heavy atom. The third kappa shape index (κ3) is 4.13. The molecule has 0 unspecified atom stereocenters. The summed E-state index contributed by atoms with van der Waals surface area (Å²) >= 11 is 5.71. The fraction of sp³-hybridized carbons (Fsp3) is 0.538. The topological polar surface area (TPSA) is 9.23 Å². The Bertz CT molecular complexity index is 264. The Balaban J connectivity index is 2.43. The Kier molecular flexibility index (Phi) is 5.56. The summed E-state index contributed by atoms with van der Waals surface area (Å²) < 4.78 is 5.71. The van der Waals surface area contributed by atoms with Crippen molar-refractivity contribution in [1.82, 2.24) is 0 Å². The van der Waals surface area contributed by atoms with Gasteiger partial charge in [0.2, 0.25) is 0 Å². The summed E-state index contributed by atoms with van der Waals surface area (Å²) in [6, 6.07) is 7.99. The fourth-order valence-electron chi connectivity index (χ4n) is 1.41. The molecule has 0 N–H and O–H groups in total. The zero-order valence-corrected chi connectivity index (χ0v) is 10.3. The van der Waals surface area contributed by atoms with Crippen molar-refractivity contribution in [2.75, 3.05) is 6.61 Å². The van der Waals surface area contributed by atoms with Gasteiger partial charge in [0.15, 0.2) is 0 Å². The van der Waals surface area contributed by atoms with E-state index in [4.69, 9.17) is 16.3 Å². The lowest BCUT2D eigenvalue weighted by atomic mass is 10.1. The van der Waals surface area contributed by atoms with Gasteiger partial charge in [-0.2, -0.15) is 0 Å². The van der Waals surface area contributed by atoms with Gasteiger partial charge in [-0.3, -0.25) is 0 Å². The molecule has 0 amide bonds. The Hall–Kier alpha value is -0.690. The zero-order chi connectivity index (χ0) is 11.1. The quantitative estimate of drug-likeness (QED) is 0.660. The molecule has 0 aromatic heterocycles. The second kappa shape index (κ2) is 6.73. The van der Waals surface area contributed by atoms with E-state index >= 15 is 0 Å². The van der Waals surface area contributed by atoms with Gasteiger partial charge in [0.25, 0.3) is 0 Å². The molecule has 84 valence electrons. The van der Waals surface area contributed by atoms with Crippen LogP contribution in [-0.4, -0.2) is 6.61 Å². The minimum Gasteiger partial charge on any atom is -0.493 e. The van der Waals surface area contributed by atoms with Gasteiger partial charge in [-0.25, -0.2) is 0 Å². The Morgan fingerprint density at radius 3 is 2.20 bits per heavy atom. The molecule has 1 rings (SSSR count). The van der Waals surface area contributed by atoms with Crippen molar-refractivity contribution >= 4 is 11.6 Å². The van der Waals surface area contributed by atoms with Crippen LogP contribution in [0.3, 0.4) is 0 Å². The second-order valence-electron chi connectivity index (χ2n) is 3.77. The van der Waals surface area contributed by atoms with Gasteiger partial charge in [-0.05, 0) is 23.6 Å². The first-order valence-corrected chi connectivity index (χ1v) is 6.11. The maximum absolute atomic E-state index is 5.71. The highest BCUT2D eigenvalue weighted by molar-refractivity contribution is 6.17. The molecule has 0 heterocycles. The lowest BCUT2D eigenvalue weighted by molar-refractivity contribution is 0.240. The highest BCUT2D eigenvalue weighted by atomic mass is 35.5. The number of halogens is 1. The first-order chi connectivity index (χ1) is 7.30. The number of rotatable bonds is 6. The van der Waals surface area contributed by atoms with Gasteiger partial charge in [0, 0.05) is 5.88 Å². The largest absolute Gasteiger partial charge is 0.493 e. The van der Waals surface area contributed by atoms with Crippen molar-refractivity contribution in [2.24, 2.45) is 5.92 Å². The van der Waals surface area contributed by atoms with E-state index in [1.165, 1.54) is 12.8 Å². The van der Waals surface area contributed by atoms with E-state index in [2.05, 4.69) is 13.8 Å². The lowest BCUT2D eigenvalue weighted by Crippen LogP contribution is -2.09. The average molecular weight is 227 g/mol. The average Bonchev–Trinajstić information content (AvgIpc) is 2.31. The van der Waals surface area contributed by atoms with Crippen LogP contribution in [0.25, 0.3) is 0 Å². The molecule has 0 spiro atoms. The van der Waals surface area contributed by atoms with E-state index < -0.39 is 0 Å². The van der Waals surface area contributed by atoms with Crippen molar-refractivity contribution in [3.8, 4) is 5.75 Å². The molecule has 2 heteroatoms. The van der Waals surface area contributed by atoms with Crippen LogP contribution in [0.5, 0.6) is 5.75 Å². The summed E-state index contributed by atoms with van der Waals surface area (Å²) in [4.78, 5) is 0. The molecule has 0 aliphatic carbocycles. The van der Waals surface area contributed by atoms with Gasteiger partial charge in [0.1, 0.15) is 5.75 Å². The molecule has 0 fully saturated rings. The molecule has 1 aromatic rings. The third-order valence-corrected chi connectivity index (χ3v) is 3.03. The minimum atomic E-state index is 0.562. The van der Waals surface area contributed by atoms with Gasteiger partial charge < -0.3 is 4.74 Å². The Labute approximate surface area is 97.4 Å². The highest BCUT2D eigenvalue weighted by Gasteiger charge is 2.04. The van der Waals surface area contributed by atoms with E-state index in [-0.39, 0.29) is 0 Å². The van der Waals surface area contributed by atoms with Gasteiger partial charge in [0.05, 0.1) is 6.61 Å². The number of hydrogen-bond donors (Lipinski definition) is 0. The Morgan fingerprint density at radius 1 is 1.13 bits per heavy atom. The maximum Gasteiger partial charge on any atom is 0.119 e. The first kappa shape index (κ1) is 12.4. The summed E-state index contributed by atoms with van der Waals surface area (Å²) in [7, 11) is 0.